The van der Waals surface area contributed by atoms with Gasteiger partial charge in [0.25, 0.3) is 0 Å². The van der Waals surface area contributed by atoms with Crippen molar-refractivity contribution >= 4 is 28.8 Å². The maximum atomic E-state index is 12.6. The first-order valence-corrected chi connectivity index (χ1v) is 9.52. The summed E-state index contributed by atoms with van der Waals surface area (Å²) in [5, 5.41) is 7.83. The highest BCUT2D eigenvalue weighted by Gasteiger charge is 2.31. The summed E-state index contributed by atoms with van der Waals surface area (Å²) in [5.74, 6) is 0.620. The third kappa shape index (κ3) is 4.83. The summed E-state index contributed by atoms with van der Waals surface area (Å²) in [6.45, 7) is 1.53. The van der Waals surface area contributed by atoms with Crippen LogP contribution < -0.4 is 15.4 Å². The van der Waals surface area contributed by atoms with Gasteiger partial charge in [-0.1, -0.05) is 6.07 Å². The van der Waals surface area contributed by atoms with E-state index in [9.17, 15) is 9.59 Å². The fourth-order valence-corrected chi connectivity index (χ4v) is 3.70. The molecule has 1 unspecified atom stereocenters. The highest BCUT2D eigenvalue weighted by Crippen LogP contribution is 2.20. The second kappa shape index (κ2) is 8.82. The van der Waals surface area contributed by atoms with Crippen LogP contribution in [0.2, 0.25) is 0 Å². The summed E-state index contributed by atoms with van der Waals surface area (Å²) < 4.78 is 5.12. The lowest BCUT2D eigenvalue weighted by molar-refractivity contribution is -0.124. The molecule has 2 aromatic rings. The Bertz CT molecular complexity index is 731. The van der Waals surface area contributed by atoms with Crippen molar-refractivity contribution in [3.8, 4) is 5.75 Å². The van der Waals surface area contributed by atoms with Crippen molar-refractivity contribution in [2.24, 2.45) is 0 Å². The predicted molar refractivity (Wildman–Crippen MR) is 102 cm³/mol. The Morgan fingerprint density at radius 1 is 1.27 bits per heavy atom. The first-order valence-electron chi connectivity index (χ1n) is 8.64. The van der Waals surface area contributed by atoms with Crippen molar-refractivity contribution in [1.82, 2.24) is 10.2 Å². The molecule has 0 aliphatic carbocycles. The molecule has 1 aromatic heterocycles. The first-order chi connectivity index (χ1) is 12.7. The van der Waals surface area contributed by atoms with E-state index in [1.807, 2.05) is 34.5 Å². The van der Waals surface area contributed by atoms with E-state index in [2.05, 4.69) is 10.6 Å². The van der Waals surface area contributed by atoms with Crippen LogP contribution in [-0.2, 0) is 16.1 Å². The van der Waals surface area contributed by atoms with Gasteiger partial charge in [0.15, 0.2) is 0 Å². The number of benzene rings is 1. The molecule has 2 N–H and O–H groups in total. The van der Waals surface area contributed by atoms with Gasteiger partial charge in [0.2, 0.25) is 11.8 Å². The smallest absolute Gasteiger partial charge is 0.241 e. The number of rotatable bonds is 7. The van der Waals surface area contributed by atoms with E-state index in [4.69, 9.17) is 4.74 Å². The largest absolute Gasteiger partial charge is 0.497 e. The van der Waals surface area contributed by atoms with E-state index in [1.54, 1.807) is 30.6 Å². The highest BCUT2D eigenvalue weighted by atomic mass is 32.1. The van der Waals surface area contributed by atoms with Gasteiger partial charge in [0, 0.05) is 10.6 Å². The second-order valence-corrected chi connectivity index (χ2v) is 7.23. The van der Waals surface area contributed by atoms with Crippen LogP contribution in [0.4, 0.5) is 5.69 Å². The fraction of sp³-hybridized carbons (Fsp3) is 0.368. The van der Waals surface area contributed by atoms with E-state index in [1.165, 1.54) is 0 Å². The number of carbonyl (C=O) groups excluding carboxylic acids is 2. The van der Waals surface area contributed by atoms with Crippen molar-refractivity contribution in [1.29, 1.82) is 0 Å². The number of nitrogens with one attached hydrogen (secondary N) is 2. The monoisotopic (exact) mass is 373 g/mol. The SMILES string of the molecule is COc1ccc(NC(=O)C2CCCN2CC(=O)NCc2cccs2)cc1. The van der Waals surface area contributed by atoms with Gasteiger partial charge in [0.1, 0.15) is 5.75 Å². The second-order valence-electron chi connectivity index (χ2n) is 6.20. The fourth-order valence-electron chi connectivity index (χ4n) is 3.05. The summed E-state index contributed by atoms with van der Waals surface area (Å²) in [6, 6.07) is 10.9. The van der Waals surface area contributed by atoms with Crippen LogP contribution in [0.1, 0.15) is 17.7 Å². The Morgan fingerprint density at radius 2 is 2.08 bits per heavy atom. The van der Waals surface area contributed by atoms with Crippen molar-refractivity contribution < 1.29 is 14.3 Å². The van der Waals surface area contributed by atoms with Gasteiger partial charge in [-0.3, -0.25) is 14.5 Å². The molecule has 1 aliphatic rings. The zero-order valence-electron chi connectivity index (χ0n) is 14.7. The molecule has 1 atom stereocenters. The highest BCUT2D eigenvalue weighted by molar-refractivity contribution is 7.09. The molecular weight excluding hydrogens is 350 g/mol. The van der Waals surface area contributed by atoms with Crippen molar-refractivity contribution in [3.63, 3.8) is 0 Å². The Morgan fingerprint density at radius 3 is 2.77 bits per heavy atom. The molecule has 7 heteroatoms. The quantitative estimate of drug-likeness (QED) is 0.782. The lowest BCUT2D eigenvalue weighted by Crippen LogP contribution is -2.44. The summed E-state index contributed by atoms with van der Waals surface area (Å²) in [5.41, 5.74) is 0.727. The molecule has 1 fully saturated rings. The van der Waals surface area contributed by atoms with Gasteiger partial charge in [-0.25, -0.2) is 0 Å². The average molecular weight is 373 g/mol. The molecule has 0 bridgehead atoms. The third-order valence-corrected chi connectivity index (χ3v) is 5.29. The van der Waals surface area contributed by atoms with Gasteiger partial charge in [-0.15, -0.1) is 11.3 Å². The van der Waals surface area contributed by atoms with E-state index >= 15 is 0 Å². The molecule has 2 heterocycles. The van der Waals surface area contributed by atoms with Gasteiger partial charge in [-0.05, 0) is 55.1 Å². The molecule has 1 saturated heterocycles. The minimum atomic E-state index is -0.274. The van der Waals surface area contributed by atoms with Crippen molar-refractivity contribution in [3.05, 3.63) is 46.7 Å². The molecule has 1 aromatic carbocycles. The first kappa shape index (κ1) is 18.4. The number of hydrogen-bond donors (Lipinski definition) is 2. The topological polar surface area (TPSA) is 70.7 Å². The maximum Gasteiger partial charge on any atom is 0.241 e. The molecule has 2 amide bonds. The van der Waals surface area contributed by atoms with E-state index < -0.39 is 0 Å². The van der Waals surface area contributed by atoms with Crippen LogP contribution in [0.25, 0.3) is 0 Å². The standard InChI is InChI=1S/C19H23N3O3S/c1-25-15-8-6-14(7-9-15)21-19(24)17-5-2-10-22(17)13-18(23)20-12-16-4-3-11-26-16/h3-4,6-9,11,17H,2,5,10,12-13H2,1H3,(H,20,23)(H,21,24). The molecule has 138 valence electrons. The number of nitrogens with zero attached hydrogens (tertiary/aromatic N) is 1. The summed E-state index contributed by atoms with van der Waals surface area (Å²) in [4.78, 5) is 27.9. The Kier molecular flexibility index (Phi) is 6.25. The summed E-state index contributed by atoms with van der Waals surface area (Å²) in [7, 11) is 1.60. The number of methoxy groups -OCH3 is 1. The average Bonchev–Trinajstić information content (AvgIpc) is 3.32. The minimum absolute atomic E-state index is 0.0532. The number of likely N-dealkylation sites (tertiary alicyclic amines) is 1. The molecule has 6 nitrogen and oxygen atoms in total. The maximum absolute atomic E-state index is 12.6. The number of hydrogen-bond acceptors (Lipinski definition) is 5. The lowest BCUT2D eigenvalue weighted by Gasteiger charge is -2.23. The van der Waals surface area contributed by atoms with Gasteiger partial charge < -0.3 is 15.4 Å². The Balaban J connectivity index is 1.51. The van der Waals surface area contributed by atoms with Crippen LogP contribution in [0, 0.1) is 0 Å². The molecule has 0 saturated carbocycles. The van der Waals surface area contributed by atoms with Crippen LogP contribution in [0.5, 0.6) is 5.75 Å². The molecule has 3 rings (SSSR count). The van der Waals surface area contributed by atoms with Crippen LogP contribution >= 0.6 is 11.3 Å². The van der Waals surface area contributed by atoms with Crippen molar-refractivity contribution in [2.75, 3.05) is 25.5 Å². The van der Waals surface area contributed by atoms with Crippen LogP contribution in [0.3, 0.4) is 0 Å². The summed E-state index contributed by atoms with van der Waals surface area (Å²) in [6.07, 6.45) is 1.68. The lowest BCUT2D eigenvalue weighted by atomic mass is 10.2. The Hall–Kier alpha value is -2.38. The van der Waals surface area contributed by atoms with Crippen molar-refractivity contribution in [2.45, 2.75) is 25.4 Å². The minimum Gasteiger partial charge on any atom is -0.497 e. The number of thiophene rings is 1. The van der Waals surface area contributed by atoms with E-state index in [-0.39, 0.29) is 24.4 Å². The predicted octanol–water partition coefficient (Wildman–Crippen LogP) is 2.48. The third-order valence-electron chi connectivity index (χ3n) is 4.41. The number of ether oxygens (including phenoxy) is 1. The molecule has 0 radical (unpaired) electrons. The van der Waals surface area contributed by atoms with Gasteiger partial charge in [-0.2, -0.15) is 0 Å². The van der Waals surface area contributed by atoms with E-state index in [0.717, 1.165) is 35.7 Å². The zero-order chi connectivity index (χ0) is 18.4. The number of amides is 2. The van der Waals surface area contributed by atoms with E-state index in [0.29, 0.717) is 6.54 Å². The molecule has 26 heavy (non-hydrogen) atoms. The molecule has 1 aliphatic heterocycles. The Labute approximate surface area is 157 Å². The molecule has 0 spiro atoms. The van der Waals surface area contributed by atoms with Gasteiger partial charge >= 0.3 is 0 Å². The summed E-state index contributed by atoms with van der Waals surface area (Å²) >= 11 is 1.62. The molecular formula is C19H23N3O3S. The normalized spacial score (nSPS) is 17.0. The van der Waals surface area contributed by atoms with Crippen LogP contribution in [0.15, 0.2) is 41.8 Å². The zero-order valence-corrected chi connectivity index (χ0v) is 15.6. The van der Waals surface area contributed by atoms with Crippen LogP contribution in [-0.4, -0.2) is 43.0 Å². The number of anilines is 1. The number of carbonyl (C=O) groups is 2. The van der Waals surface area contributed by atoms with Gasteiger partial charge in [0.05, 0.1) is 26.2 Å².